The van der Waals surface area contributed by atoms with Gasteiger partial charge < -0.3 is 5.32 Å². The molecule has 0 radical (unpaired) electrons. The predicted octanol–water partition coefficient (Wildman–Crippen LogP) is 4.86. The third kappa shape index (κ3) is 3.38. The maximum Gasteiger partial charge on any atom is 0.134 e. The van der Waals surface area contributed by atoms with Gasteiger partial charge in [0.1, 0.15) is 11.6 Å². The first-order valence-corrected chi connectivity index (χ1v) is 8.64. The van der Waals surface area contributed by atoms with E-state index in [9.17, 15) is 0 Å². The standard InChI is InChI=1S/C18H29N3/c1-18(2)10-8-14(9-11-18)17-20-15(12-16(19-3)21-17)13-6-4-5-7-13/h12-14H,4-11H2,1-3H3,(H,19,20,21). The van der Waals surface area contributed by atoms with Crippen molar-refractivity contribution in [3.8, 4) is 0 Å². The van der Waals surface area contributed by atoms with Crippen LogP contribution in [0.4, 0.5) is 5.82 Å². The Balaban J connectivity index is 1.82. The number of hydrogen-bond donors (Lipinski definition) is 1. The van der Waals surface area contributed by atoms with Gasteiger partial charge in [0.05, 0.1) is 0 Å². The number of hydrogen-bond acceptors (Lipinski definition) is 3. The predicted molar refractivity (Wildman–Crippen MR) is 87.8 cm³/mol. The number of aromatic nitrogens is 2. The van der Waals surface area contributed by atoms with Gasteiger partial charge in [-0.25, -0.2) is 9.97 Å². The molecule has 0 atom stereocenters. The second-order valence-electron chi connectivity index (χ2n) is 7.71. The third-order valence-electron chi connectivity index (χ3n) is 5.50. The Kier molecular flexibility index (Phi) is 4.19. The lowest BCUT2D eigenvalue weighted by Gasteiger charge is -2.33. The number of nitrogens with one attached hydrogen (secondary N) is 1. The van der Waals surface area contributed by atoms with Gasteiger partial charge in [-0.3, -0.25) is 0 Å². The Bertz CT molecular complexity index is 479. The lowest BCUT2D eigenvalue weighted by Crippen LogP contribution is -2.22. The first-order valence-electron chi connectivity index (χ1n) is 8.64. The Morgan fingerprint density at radius 1 is 1.00 bits per heavy atom. The summed E-state index contributed by atoms with van der Waals surface area (Å²) in [5.41, 5.74) is 1.79. The molecule has 1 aromatic heterocycles. The fourth-order valence-electron chi connectivity index (χ4n) is 3.88. The van der Waals surface area contributed by atoms with Crippen molar-refractivity contribution in [1.82, 2.24) is 9.97 Å². The summed E-state index contributed by atoms with van der Waals surface area (Å²) in [5, 5.41) is 3.24. The van der Waals surface area contributed by atoms with Crippen LogP contribution in [0.3, 0.4) is 0 Å². The van der Waals surface area contributed by atoms with E-state index >= 15 is 0 Å². The summed E-state index contributed by atoms with van der Waals surface area (Å²) in [6, 6.07) is 2.17. The Morgan fingerprint density at radius 2 is 1.67 bits per heavy atom. The average Bonchev–Trinajstić information content (AvgIpc) is 3.01. The van der Waals surface area contributed by atoms with Crippen LogP contribution in [0.25, 0.3) is 0 Å². The van der Waals surface area contributed by atoms with E-state index in [-0.39, 0.29) is 0 Å². The molecule has 1 heterocycles. The first kappa shape index (κ1) is 14.8. The number of rotatable bonds is 3. The lowest BCUT2D eigenvalue weighted by atomic mass is 9.73. The van der Waals surface area contributed by atoms with Crippen molar-refractivity contribution in [2.75, 3.05) is 12.4 Å². The molecule has 0 unspecified atom stereocenters. The molecule has 3 heteroatoms. The lowest BCUT2D eigenvalue weighted by molar-refractivity contribution is 0.220. The fourth-order valence-corrected chi connectivity index (χ4v) is 3.88. The van der Waals surface area contributed by atoms with E-state index in [1.807, 2.05) is 7.05 Å². The quantitative estimate of drug-likeness (QED) is 0.862. The molecular formula is C18H29N3. The van der Waals surface area contributed by atoms with Crippen molar-refractivity contribution in [3.63, 3.8) is 0 Å². The smallest absolute Gasteiger partial charge is 0.134 e. The maximum atomic E-state index is 4.98. The highest BCUT2D eigenvalue weighted by atomic mass is 15.0. The summed E-state index contributed by atoms with van der Waals surface area (Å²) in [5.74, 6) is 3.33. The Labute approximate surface area is 129 Å². The minimum Gasteiger partial charge on any atom is -0.373 e. The molecule has 1 aromatic rings. The third-order valence-corrected chi connectivity index (χ3v) is 5.50. The van der Waals surface area contributed by atoms with Crippen molar-refractivity contribution < 1.29 is 0 Å². The average molecular weight is 287 g/mol. The molecule has 0 aliphatic heterocycles. The molecule has 2 aliphatic carbocycles. The van der Waals surface area contributed by atoms with Crippen molar-refractivity contribution in [3.05, 3.63) is 17.6 Å². The van der Waals surface area contributed by atoms with Crippen LogP contribution >= 0.6 is 0 Å². The van der Waals surface area contributed by atoms with Gasteiger partial charge in [-0.15, -0.1) is 0 Å². The molecule has 0 spiro atoms. The summed E-state index contributed by atoms with van der Waals surface area (Å²) in [4.78, 5) is 9.76. The van der Waals surface area contributed by atoms with E-state index in [4.69, 9.17) is 9.97 Å². The highest BCUT2D eigenvalue weighted by molar-refractivity contribution is 5.37. The van der Waals surface area contributed by atoms with Crippen LogP contribution in [0, 0.1) is 5.41 Å². The van der Waals surface area contributed by atoms with E-state index in [1.54, 1.807) is 0 Å². The van der Waals surface area contributed by atoms with Crippen LogP contribution in [0.1, 0.15) is 88.6 Å². The molecular weight excluding hydrogens is 258 g/mol. The molecule has 116 valence electrons. The van der Waals surface area contributed by atoms with Gasteiger partial charge in [0.25, 0.3) is 0 Å². The second kappa shape index (κ2) is 5.94. The van der Waals surface area contributed by atoms with E-state index in [0.29, 0.717) is 17.3 Å². The van der Waals surface area contributed by atoms with E-state index < -0.39 is 0 Å². The van der Waals surface area contributed by atoms with Crippen molar-refractivity contribution in [2.24, 2.45) is 5.41 Å². The molecule has 2 aliphatic rings. The van der Waals surface area contributed by atoms with Gasteiger partial charge in [-0.2, -0.15) is 0 Å². The largest absolute Gasteiger partial charge is 0.373 e. The van der Waals surface area contributed by atoms with E-state index in [0.717, 1.165) is 11.6 Å². The normalized spacial score (nSPS) is 23.4. The van der Waals surface area contributed by atoms with Crippen LogP contribution < -0.4 is 5.32 Å². The summed E-state index contributed by atoms with van der Waals surface area (Å²) >= 11 is 0. The molecule has 0 aromatic carbocycles. The van der Waals surface area contributed by atoms with Crippen molar-refractivity contribution >= 4 is 5.82 Å². The van der Waals surface area contributed by atoms with Gasteiger partial charge >= 0.3 is 0 Å². The molecule has 21 heavy (non-hydrogen) atoms. The molecule has 2 saturated carbocycles. The maximum absolute atomic E-state index is 4.98. The summed E-state index contributed by atoms with van der Waals surface area (Å²) in [6.07, 6.45) is 10.4. The van der Waals surface area contributed by atoms with Gasteiger partial charge in [0, 0.05) is 30.6 Å². The van der Waals surface area contributed by atoms with Gasteiger partial charge in [-0.05, 0) is 43.9 Å². The SMILES string of the molecule is CNc1cc(C2CCCC2)nc(C2CCC(C)(C)CC2)n1. The minimum atomic E-state index is 0.505. The first-order chi connectivity index (χ1) is 10.1. The minimum absolute atomic E-state index is 0.505. The number of nitrogens with zero attached hydrogens (tertiary/aromatic N) is 2. The van der Waals surface area contributed by atoms with Crippen molar-refractivity contribution in [2.45, 2.75) is 77.0 Å². The zero-order chi connectivity index (χ0) is 14.9. The van der Waals surface area contributed by atoms with Crippen LogP contribution in [0.2, 0.25) is 0 Å². The van der Waals surface area contributed by atoms with Gasteiger partial charge in [0.15, 0.2) is 0 Å². The number of anilines is 1. The zero-order valence-electron chi connectivity index (χ0n) is 13.8. The van der Waals surface area contributed by atoms with Gasteiger partial charge in [-0.1, -0.05) is 26.7 Å². The Hall–Kier alpha value is -1.12. The van der Waals surface area contributed by atoms with Crippen LogP contribution in [-0.4, -0.2) is 17.0 Å². The molecule has 1 N–H and O–H groups in total. The van der Waals surface area contributed by atoms with Crippen molar-refractivity contribution in [1.29, 1.82) is 0 Å². The van der Waals surface area contributed by atoms with Gasteiger partial charge in [0.2, 0.25) is 0 Å². The highest BCUT2D eigenvalue weighted by Gasteiger charge is 2.30. The van der Waals surface area contributed by atoms with Crippen LogP contribution in [-0.2, 0) is 0 Å². The topological polar surface area (TPSA) is 37.8 Å². The van der Waals surface area contributed by atoms with Crippen LogP contribution in [0.15, 0.2) is 6.07 Å². The van der Waals surface area contributed by atoms with E-state index in [1.165, 1.54) is 57.1 Å². The zero-order valence-corrected chi connectivity index (χ0v) is 13.8. The summed E-state index contributed by atoms with van der Waals surface area (Å²) in [6.45, 7) is 4.77. The molecule has 3 nitrogen and oxygen atoms in total. The second-order valence-corrected chi connectivity index (χ2v) is 7.71. The summed E-state index contributed by atoms with van der Waals surface area (Å²) < 4.78 is 0. The molecule has 3 rings (SSSR count). The molecule has 0 saturated heterocycles. The highest BCUT2D eigenvalue weighted by Crippen LogP contribution is 2.42. The van der Waals surface area contributed by atoms with E-state index in [2.05, 4.69) is 25.2 Å². The monoisotopic (exact) mass is 287 g/mol. The Morgan fingerprint density at radius 3 is 2.29 bits per heavy atom. The molecule has 0 amide bonds. The van der Waals surface area contributed by atoms with Crippen LogP contribution in [0.5, 0.6) is 0 Å². The molecule has 2 fully saturated rings. The fraction of sp³-hybridized carbons (Fsp3) is 0.778. The molecule has 0 bridgehead atoms. The summed E-state index contributed by atoms with van der Waals surface area (Å²) in [7, 11) is 1.97.